The van der Waals surface area contributed by atoms with E-state index < -0.39 is 0 Å². The quantitative estimate of drug-likeness (QED) is 0.485. The summed E-state index contributed by atoms with van der Waals surface area (Å²) in [6.07, 6.45) is 3.98. The topological polar surface area (TPSA) is 67.7 Å². The van der Waals surface area contributed by atoms with E-state index in [0.29, 0.717) is 6.42 Å². The Kier molecular flexibility index (Phi) is 2.25. The van der Waals surface area contributed by atoms with Crippen LogP contribution in [-0.2, 0) is 13.0 Å². The van der Waals surface area contributed by atoms with Gasteiger partial charge in [0.1, 0.15) is 0 Å². The van der Waals surface area contributed by atoms with Crippen LogP contribution in [-0.4, -0.2) is 15.4 Å². The Morgan fingerprint density at radius 3 is 3.09 bits per heavy atom. The lowest BCUT2D eigenvalue weighted by Crippen LogP contribution is -2.15. The second kappa shape index (κ2) is 3.18. The summed E-state index contributed by atoms with van der Waals surface area (Å²) in [6.45, 7) is 2.91. The molecular formula is C7H12N4. The fraction of sp³-hybridized carbons (Fsp3) is 0.429. The molecule has 1 heterocycles. The third-order valence-corrected chi connectivity index (χ3v) is 1.51. The molecule has 0 radical (unpaired) electrons. The maximum Gasteiger partial charge on any atom is 0.0965 e. The first-order valence-electron chi connectivity index (χ1n) is 3.56. The monoisotopic (exact) mass is 152 g/mol. The first-order valence-corrected chi connectivity index (χ1v) is 3.56. The van der Waals surface area contributed by atoms with E-state index in [1.54, 1.807) is 12.5 Å². The number of nitrogens with zero attached hydrogens (tertiary/aromatic N) is 2. The summed E-state index contributed by atoms with van der Waals surface area (Å²) in [5.41, 5.74) is 6.25. The van der Waals surface area contributed by atoms with Gasteiger partial charge in [-0.2, -0.15) is 0 Å². The number of amidine groups is 1. The summed E-state index contributed by atoms with van der Waals surface area (Å²) in [6, 6.07) is 0. The Labute approximate surface area is 65.6 Å². The van der Waals surface area contributed by atoms with E-state index in [-0.39, 0.29) is 5.84 Å². The third kappa shape index (κ3) is 1.80. The first-order chi connectivity index (χ1) is 5.24. The summed E-state index contributed by atoms with van der Waals surface area (Å²) in [7, 11) is 0. The molecule has 0 atom stereocenters. The number of nitrogens with two attached hydrogens (primary N) is 1. The highest BCUT2D eigenvalue weighted by Crippen LogP contribution is 1.98. The minimum atomic E-state index is 0.181. The molecule has 0 spiro atoms. The Morgan fingerprint density at radius 1 is 1.82 bits per heavy atom. The summed E-state index contributed by atoms with van der Waals surface area (Å²) in [5.74, 6) is 0.181. The average molecular weight is 152 g/mol. The molecule has 0 bridgehead atoms. The Bertz CT molecular complexity index is 251. The van der Waals surface area contributed by atoms with Crippen molar-refractivity contribution in [2.75, 3.05) is 0 Å². The molecule has 0 aliphatic rings. The van der Waals surface area contributed by atoms with Gasteiger partial charge in [0.25, 0.3) is 0 Å². The predicted molar refractivity (Wildman–Crippen MR) is 43.5 cm³/mol. The summed E-state index contributed by atoms with van der Waals surface area (Å²) in [4.78, 5) is 3.96. The van der Waals surface area contributed by atoms with Crippen LogP contribution in [0.15, 0.2) is 12.5 Å². The molecule has 1 aromatic rings. The normalized spacial score (nSPS) is 9.91. The molecule has 1 aromatic heterocycles. The molecule has 11 heavy (non-hydrogen) atoms. The number of hydrogen-bond donors (Lipinski definition) is 2. The molecule has 1 rings (SSSR count). The number of aromatic nitrogens is 2. The smallest absolute Gasteiger partial charge is 0.0965 e. The van der Waals surface area contributed by atoms with Crippen LogP contribution in [0, 0.1) is 5.41 Å². The van der Waals surface area contributed by atoms with E-state index in [2.05, 4.69) is 4.98 Å². The molecule has 0 amide bonds. The van der Waals surface area contributed by atoms with Crippen molar-refractivity contribution in [3.63, 3.8) is 0 Å². The average Bonchev–Trinajstić information content (AvgIpc) is 2.34. The second-order valence-corrected chi connectivity index (χ2v) is 2.37. The van der Waals surface area contributed by atoms with Crippen LogP contribution >= 0.6 is 0 Å². The molecule has 0 unspecified atom stereocenters. The molecular weight excluding hydrogens is 140 g/mol. The number of aryl methyl sites for hydroxylation is 1. The summed E-state index contributed by atoms with van der Waals surface area (Å²) < 4.78 is 1.97. The molecule has 0 aliphatic carbocycles. The van der Waals surface area contributed by atoms with Gasteiger partial charge in [-0.3, -0.25) is 5.41 Å². The highest BCUT2D eigenvalue weighted by Gasteiger charge is 2.00. The van der Waals surface area contributed by atoms with Crippen LogP contribution in [0.1, 0.15) is 12.6 Å². The van der Waals surface area contributed by atoms with E-state index in [4.69, 9.17) is 11.1 Å². The third-order valence-electron chi connectivity index (χ3n) is 1.51. The van der Waals surface area contributed by atoms with Crippen LogP contribution in [0.3, 0.4) is 0 Å². The number of rotatable bonds is 3. The van der Waals surface area contributed by atoms with Gasteiger partial charge in [-0.25, -0.2) is 4.98 Å². The van der Waals surface area contributed by atoms with Gasteiger partial charge in [0.05, 0.1) is 12.2 Å². The summed E-state index contributed by atoms with van der Waals surface area (Å²) >= 11 is 0. The molecule has 0 aromatic carbocycles. The second-order valence-electron chi connectivity index (χ2n) is 2.37. The van der Waals surface area contributed by atoms with Gasteiger partial charge in [-0.05, 0) is 6.92 Å². The maximum absolute atomic E-state index is 7.08. The number of imidazole rings is 1. The van der Waals surface area contributed by atoms with Crippen molar-refractivity contribution < 1.29 is 0 Å². The molecule has 0 saturated carbocycles. The highest BCUT2D eigenvalue weighted by molar-refractivity contribution is 5.78. The zero-order chi connectivity index (χ0) is 8.27. The predicted octanol–water partition coefficient (Wildman–Crippen LogP) is 0.381. The van der Waals surface area contributed by atoms with Crippen molar-refractivity contribution in [1.29, 1.82) is 5.41 Å². The van der Waals surface area contributed by atoms with Crippen molar-refractivity contribution in [3.8, 4) is 0 Å². The van der Waals surface area contributed by atoms with Gasteiger partial charge in [0, 0.05) is 24.9 Å². The Hall–Kier alpha value is -1.32. The maximum atomic E-state index is 7.08. The standard InChI is InChI=1S/C7H12N4/c1-2-11-5-10-4-6(11)3-7(8)9/h4-5H,2-3H2,1H3,(H3,8,9). The lowest BCUT2D eigenvalue weighted by atomic mass is 10.3. The van der Waals surface area contributed by atoms with Crippen LogP contribution in [0.5, 0.6) is 0 Å². The van der Waals surface area contributed by atoms with Crippen molar-refractivity contribution >= 4 is 5.84 Å². The van der Waals surface area contributed by atoms with Crippen molar-refractivity contribution in [2.24, 2.45) is 5.73 Å². The van der Waals surface area contributed by atoms with Gasteiger partial charge in [0.15, 0.2) is 0 Å². The molecule has 60 valence electrons. The SMILES string of the molecule is CCn1cncc1CC(=N)N. The van der Waals surface area contributed by atoms with Gasteiger partial charge in [-0.15, -0.1) is 0 Å². The minimum Gasteiger partial charge on any atom is -0.387 e. The van der Waals surface area contributed by atoms with Crippen molar-refractivity contribution in [2.45, 2.75) is 19.9 Å². The van der Waals surface area contributed by atoms with E-state index in [1.165, 1.54) is 0 Å². The number of hydrogen-bond acceptors (Lipinski definition) is 2. The first kappa shape index (κ1) is 7.78. The van der Waals surface area contributed by atoms with Crippen LogP contribution in [0.4, 0.5) is 0 Å². The van der Waals surface area contributed by atoms with Crippen LogP contribution in [0.25, 0.3) is 0 Å². The molecule has 4 nitrogen and oxygen atoms in total. The Balaban J connectivity index is 2.76. The number of nitrogens with one attached hydrogen (secondary N) is 1. The summed E-state index contributed by atoms with van der Waals surface area (Å²) in [5, 5.41) is 7.08. The van der Waals surface area contributed by atoms with Crippen molar-refractivity contribution in [1.82, 2.24) is 9.55 Å². The van der Waals surface area contributed by atoms with Gasteiger partial charge in [0.2, 0.25) is 0 Å². The fourth-order valence-electron chi connectivity index (χ4n) is 0.975. The largest absolute Gasteiger partial charge is 0.387 e. The van der Waals surface area contributed by atoms with Gasteiger partial charge >= 0.3 is 0 Å². The van der Waals surface area contributed by atoms with Gasteiger partial charge < -0.3 is 10.3 Å². The van der Waals surface area contributed by atoms with E-state index in [9.17, 15) is 0 Å². The molecule has 0 aliphatic heterocycles. The zero-order valence-electron chi connectivity index (χ0n) is 6.54. The molecule has 0 saturated heterocycles. The van der Waals surface area contributed by atoms with Crippen molar-refractivity contribution in [3.05, 3.63) is 18.2 Å². The minimum absolute atomic E-state index is 0.181. The lowest BCUT2D eigenvalue weighted by Gasteiger charge is -2.02. The highest BCUT2D eigenvalue weighted by atomic mass is 15.0. The lowest BCUT2D eigenvalue weighted by molar-refractivity contribution is 0.729. The van der Waals surface area contributed by atoms with Gasteiger partial charge in [-0.1, -0.05) is 0 Å². The van der Waals surface area contributed by atoms with E-state index in [0.717, 1.165) is 12.2 Å². The molecule has 0 fully saturated rings. The fourth-order valence-corrected chi connectivity index (χ4v) is 0.975. The molecule has 3 N–H and O–H groups in total. The van der Waals surface area contributed by atoms with E-state index in [1.807, 2.05) is 11.5 Å². The zero-order valence-corrected chi connectivity index (χ0v) is 6.54. The van der Waals surface area contributed by atoms with E-state index >= 15 is 0 Å². The Morgan fingerprint density at radius 2 is 2.55 bits per heavy atom. The molecule has 4 heteroatoms. The van der Waals surface area contributed by atoms with Crippen LogP contribution < -0.4 is 5.73 Å². The van der Waals surface area contributed by atoms with Crippen LogP contribution in [0.2, 0.25) is 0 Å².